The molecule has 220 valence electrons. The van der Waals surface area contributed by atoms with Gasteiger partial charge in [0.1, 0.15) is 5.56 Å². The van der Waals surface area contributed by atoms with E-state index in [1.807, 2.05) is 17.0 Å². The molecule has 0 spiro atoms. The van der Waals surface area contributed by atoms with Gasteiger partial charge in [-0.25, -0.2) is 0 Å². The summed E-state index contributed by atoms with van der Waals surface area (Å²) in [6.45, 7) is 4.06. The Morgan fingerprint density at radius 3 is 2.27 bits per heavy atom. The van der Waals surface area contributed by atoms with E-state index in [9.17, 15) is 28.1 Å². The molecule has 2 heterocycles. The van der Waals surface area contributed by atoms with E-state index in [-0.39, 0.29) is 25.1 Å². The molecule has 1 N–H and O–H groups in total. The standard InChI is InChI=1S/C28H34ClF3N4O3.CH4/c29-22-5-3-20(4-6-22)18-21-9-14-34(15-10-21)13-1-2-27(37)35-16-11-23(12-17-35)33-24-7-8-26(36(38)39)25(19-24)28(30,31)32;/h3-8,19,21,23,33H,1-2,9-18H2;1H4. The second-order valence-electron chi connectivity index (χ2n) is 10.5. The number of carbonyl (C=O) groups excluding carboxylic acids is 1. The number of anilines is 1. The smallest absolute Gasteiger partial charge is 0.382 e. The van der Waals surface area contributed by atoms with Crippen molar-refractivity contribution in [3.05, 3.63) is 68.7 Å². The summed E-state index contributed by atoms with van der Waals surface area (Å²) < 4.78 is 39.8. The van der Waals surface area contributed by atoms with Crippen LogP contribution in [0.4, 0.5) is 24.5 Å². The number of halogens is 4. The lowest BCUT2D eigenvalue weighted by atomic mass is 9.90. The van der Waals surface area contributed by atoms with E-state index in [4.69, 9.17) is 11.6 Å². The van der Waals surface area contributed by atoms with Crippen LogP contribution in [0.25, 0.3) is 0 Å². The Labute approximate surface area is 238 Å². The van der Waals surface area contributed by atoms with Crippen LogP contribution in [0.15, 0.2) is 42.5 Å². The maximum Gasteiger partial charge on any atom is 0.423 e. The van der Waals surface area contributed by atoms with Crippen LogP contribution in [0.5, 0.6) is 0 Å². The first kappa shape index (κ1) is 31.7. The zero-order valence-corrected chi connectivity index (χ0v) is 22.5. The first-order valence-corrected chi connectivity index (χ1v) is 13.8. The molecule has 0 atom stereocenters. The van der Waals surface area contributed by atoms with E-state index in [1.54, 1.807) is 0 Å². The quantitative estimate of drug-likeness (QED) is 0.253. The Balaban J connectivity index is 0.00000441. The zero-order valence-electron chi connectivity index (χ0n) is 21.8. The first-order valence-electron chi connectivity index (χ1n) is 13.4. The van der Waals surface area contributed by atoms with Gasteiger partial charge < -0.3 is 15.1 Å². The molecule has 1 amide bonds. The molecule has 0 bridgehead atoms. The average Bonchev–Trinajstić information content (AvgIpc) is 2.91. The summed E-state index contributed by atoms with van der Waals surface area (Å²) in [6.07, 6.45) is 1.05. The van der Waals surface area contributed by atoms with Crippen LogP contribution in [0.3, 0.4) is 0 Å². The molecule has 2 aromatic rings. The highest BCUT2D eigenvalue weighted by Gasteiger charge is 2.38. The van der Waals surface area contributed by atoms with Crippen molar-refractivity contribution in [1.29, 1.82) is 0 Å². The molecule has 0 aliphatic carbocycles. The minimum Gasteiger partial charge on any atom is -0.382 e. The number of nitro benzene ring substituents is 1. The number of hydrogen-bond donors (Lipinski definition) is 1. The molecular weight excluding hydrogens is 545 g/mol. The Morgan fingerprint density at radius 1 is 1.02 bits per heavy atom. The van der Waals surface area contributed by atoms with Gasteiger partial charge in [0.15, 0.2) is 0 Å². The number of piperidine rings is 2. The average molecular weight is 583 g/mol. The van der Waals surface area contributed by atoms with Crippen molar-refractivity contribution in [2.24, 2.45) is 5.92 Å². The molecular formula is C29H38ClF3N4O3. The van der Waals surface area contributed by atoms with Crippen molar-refractivity contribution >= 4 is 28.9 Å². The molecule has 2 aliphatic heterocycles. The topological polar surface area (TPSA) is 78.7 Å². The number of rotatable bonds is 9. The highest BCUT2D eigenvalue weighted by Crippen LogP contribution is 2.38. The van der Waals surface area contributed by atoms with E-state index in [1.165, 1.54) is 11.6 Å². The summed E-state index contributed by atoms with van der Waals surface area (Å²) in [5.74, 6) is 0.783. The van der Waals surface area contributed by atoms with Crippen molar-refractivity contribution in [3.63, 3.8) is 0 Å². The monoisotopic (exact) mass is 582 g/mol. The lowest BCUT2D eigenvalue weighted by Gasteiger charge is -2.34. The summed E-state index contributed by atoms with van der Waals surface area (Å²) in [5, 5.41) is 14.8. The third-order valence-electron chi connectivity index (χ3n) is 7.73. The summed E-state index contributed by atoms with van der Waals surface area (Å²) in [5.41, 5.74) is -0.720. The lowest BCUT2D eigenvalue weighted by molar-refractivity contribution is -0.388. The molecule has 2 saturated heterocycles. The van der Waals surface area contributed by atoms with Crippen molar-refractivity contribution in [2.75, 3.05) is 38.0 Å². The third kappa shape index (κ3) is 8.83. The second kappa shape index (κ2) is 14.2. The van der Waals surface area contributed by atoms with Gasteiger partial charge in [-0.2, -0.15) is 13.2 Å². The number of nitro groups is 1. The molecule has 0 radical (unpaired) electrons. The predicted molar refractivity (Wildman–Crippen MR) is 152 cm³/mol. The summed E-state index contributed by atoms with van der Waals surface area (Å²) >= 11 is 5.97. The maximum atomic E-state index is 13.3. The molecule has 0 unspecified atom stereocenters. The highest BCUT2D eigenvalue weighted by atomic mass is 35.5. The van der Waals surface area contributed by atoms with E-state index in [0.29, 0.717) is 38.3 Å². The van der Waals surface area contributed by atoms with Crippen LogP contribution in [0, 0.1) is 16.0 Å². The number of benzene rings is 2. The molecule has 2 fully saturated rings. The van der Waals surface area contributed by atoms with E-state index in [0.717, 1.165) is 62.5 Å². The van der Waals surface area contributed by atoms with Crippen molar-refractivity contribution < 1.29 is 22.9 Å². The van der Waals surface area contributed by atoms with Gasteiger partial charge in [-0.1, -0.05) is 31.2 Å². The molecule has 40 heavy (non-hydrogen) atoms. The van der Waals surface area contributed by atoms with E-state index < -0.39 is 22.4 Å². The van der Waals surface area contributed by atoms with Crippen LogP contribution in [0.1, 0.15) is 57.1 Å². The van der Waals surface area contributed by atoms with Gasteiger partial charge in [-0.3, -0.25) is 14.9 Å². The van der Waals surface area contributed by atoms with Gasteiger partial charge in [-0.05, 0) is 93.9 Å². The second-order valence-corrected chi connectivity index (χ2v) is 10.9. The molecule has 2 aromatic carbocycles. The molecule has 4 rings (SSSR count). The third-order valence-corrected chi connectivity index (χ3v) is 7.98. The Hall–Kier alpha value is -2.85. The van der Waals surface area contributed by atoms with Crippen molar-refractivity contribution in [1.82, 2.24) is 9.80 Å². The summed E-state index contributed by atoms with van der Waals surface area (Å²) in [6, 6.07) is 10.9. The van der Waals surface area contributed by atoms with Crippen molar-refractivity contribution in [2.45, 2.75) is 64.6 Å². The number of likely N-dealkylation sites (tertiary alicyclic amines) is 2. The SMILES string of the molecule is C.O=C(CCCN1CCC(Cc2ccc(Cl)cc2)CC1)N1CCC(Nc2ccc([N+](=O)[O-])c(C(F)(F)F)c2)CC1. The molecule has 0 aromatic heterocycles. The van der Waals surface area contributed by atoms with Crippen molar-refractivity contribution in [3.8, 4) is 0 Å². The maximum absolute atomic E-state index is 13.3. The van der Waals surface area contributed by atoms with Gasteiger partial charge in [0.2, 0.25) is 5.91 Å². The fourth-order valence-electron chi connectivity index (χ4n) is 5.50. The van der Waals surface area contributed by atoms with Gasteiger partial charge in [0.25, 0.3) is 5.69 Å². The van der Waals surface area contributed by atoms with Crippen LogP contribution < -0.4 is 5.32 Å². The van der Waals surface area contributed by atoms with Gasteiger partial charge in [0, 0.05) is 42.3 Å². The normalized spacial score (nSPS) is 17.4. The minimum absolute atomic E-state index is 0. The van der Waals surface area contributed by atoms with Gasteiger partial charge in [-0.15, -0.1) is 0 Å². The highest BCUT2D eigenvalue weighted by molar-refractivity contribution is 6.30. The van der Waals surface area contributed by atoms with Crippen LogP contribution in [0.2, 0.25) is 5.02 Å². The van der Waals surface area contributed by atoms with Crippen LogP contribution in [-0.4, -0.2) is 59.4 Å². The van der Waals surface area contributed by atoms with Crippen LogP contribution in [-0.2, 0) is 17.4 Å². The number of nitrogens with one attached hydrogen (secondary N) is 1. The summed E-state index contributed by atoms with van der Waals surface area (Å²) in [4.78, 5) is 26.9. The molecule has 7 nitrogen and oxygen atoms in total. The van der Waals surface area contributed by atoms with E-state index in [2.05, 4.69) is 22.3 Å². The molecule has 11 heteroatoms. The number of hydrogen-bond acceptors (Lipinski definition) is 5. The number of nitrogens with zero attached hydrogens (tertiary/aromatic N) is 3. The van der Waals surface area contributed by atoms with Gasteiger partial charge >= 0.3 is 6.18 Å². The Bertz CT molecular complexity index is 1130. The lowest BCUT2D eigenvalue weighted by Crippen LogP contribution is -2.42. The Kier molecular flexibility index (Phi) is 11.2. The predicted octanol–water partition coefficient (Wildman–Crippen LogP) is 7.04. The first-order chi connectivity index (χ1) is 18.6. The van der Waals surface area contributed by atoms with Gasteiger partial charge in [0.05, 0.1) is 4.92 Å². The minimum atomic E-state index is -4.82. The Morgan fingerprint density at radius 2 is 1.68 bits per heavy atom. The number of carbonyl (C=O) groups is 1. The largest absolute Gasteiger partial charge is 0.423 e. The van der Waals surface area contributed by atoms with Crippen LogP contribution >= 0.6 is 11.6 Å². The molecule has 2 aliphatic rings. The van der Waals surface area contributed by atoms with E-state index >= 15 is 0 Å². The molecule has 0 saturated carbocycles. The number of alkyl halides is 3. The number of amides is 1. The zero-order chi connectivity index (χ0) is 28.0. The summed E-state index contributed by atoms with van der Waals surface area (Å²) in [7, 11) is 0. The fourth-order valence-corrected chi connectivity index (χ4v) is 5.63. The fraction of sp³-hybridized carbons (Fsp3) is 0.552.